The Morgan fingerprint density at radius 1 is 1.32 bits per heavy atom. The van der Waals surface area contributed by atoms with Crippen molar-refractivity contribution >= 4 is 27.5 Å². The zero-order valence-electron chi connectivity index (χ0n) is 10.9. The van der Waals surface area contributed by atoms with Gasteiger partial charge in [0.15, 0.2) is 0 Å². The van der Waals surface area contributed by atoms with Gasteiger partial charge in [-0.3, -0.25) is 4.79 Å². The number of nitrogens with zero attached hydrogens (tertiary/aromatic N) is 4. The van der Waals surface area contributed by atoms with Crippen LogP contribution in [0.1, 0.15) is 6.92 Å². The average Bonchev–Trinajstić information content (AvgIpc) is 2.35. The fraction of sp³-hybridized carbons (Fsp3) is 0.500. The average molecular weight is 307 g/mol. The molecular formula is C10H15ClN4O3S. The van der Waals surface area contributed by atoms with Crippen molar-refractivity contribution in [3.05, 3.63) is 17.7 Å². The second-order valence-corrected chi connectivity index (χ2v) is 6.18. The van der Waals surface area contributed by atoms with Gasteiger partial charge in [-0.1, -0.05) is 6.92 Å². The first-order valence-corrected chi connectivity index (χ1v) is 7.28. The Morgan fingerprint density at radius 2 is 1.84 bits per heavy atom. The standard InChI is InChI=1S/C10H15ClN4O3S/c1-4-15(7-9(16)14(2)3)19(17,18)8-5-12-10(11)13-6-8/h5-6H,4,7H2,1-3H3. The third kappa shape index (κ3) is 3.85. The molecule has 7 nitrogen and oxygen atoms in total. The molecule has 106 valence electrons. The Morgan fingerprint density at radius 3 is 2.26 bits per heavy atom. The quantitative estimate of drug-likeness (QED) is 0.727. The number of sulfonamides is 1. The Labute approximate surface area is 117 Å². The van der Waals surface area contributed by atoms with Gasteiger partial charge in [0, 0.05) is 20.6 Å². The van der Waals surface area contributed by atoms with E-state index in [2.05, 4.69) is 9.97 Å². The fourth-order valence-electron chi connectivity index (χ4n) is 1.24. The third-order valence-corrected chi connectivity index (χ3v) is 4.47. The van der Waals surface area contributed by atoms with E-state index in [4.69, 9.17) is 11.6 Å². The largest absolute Gasteiger partial charge is 0.348 e. The van der Waals surface area contributed by atoms with E-state index >= 15 is 0 Å². The second-order valence-electron chi connectivity index (χ2n) is 3.91. The van der Waals surface area contributed by atoms with Gasteiger partial charge in [-0.25, -0.2) is 18.4 Å². The highest BCUT2D eigenvalue weighted by atomic mass is 35.5. The molecule has 0 radical (unpaired) electrons. The van der Waals surface area contributed by atoms with Crippen LogP contribution in [0.5, 0.6) is 0 Å². The van der Waals surface area contributed by atoms with E-state index in [-0.39, 0.29) is 29.2 Å². The van der Waals surface area contributed by atoms with E-state index in [1.54, 1.807) is 21.0 Å². The molecule has 0 aromatic carbocycles. The highest BCUT2D eigenvalue weighted by Gasteiger charge is 2.26. The van der Waals surface area contributed by atoms with Crippen LogP contribution in [0.3, 0.4) is 0 Å². The molecule has 0 saturated carbocycles. The van der Waals surface area contributed by atoms with Crippen molar-refractivity contribution in [3.63, 3.8) is 0 Å². The van der Waals surface area contributed by atoms with Gasteiger partial charge in [0.1, 0.15) is 4.90 Å². The summed E-state index contributed by atoms with van der Waals surface area (Å²) in [4.78, 5) is 20.1. The predicted molar refractivity (Wildman–Crippen MR) is 70.2 cm³/mol. The molecule has 0 aliphatic carbocycles. The number of rotatable bonds is 5. The number of amides is 1. The molecular weight excluding hydrogens is 292 g/mol. The first-order chi connectivity index (χ1) is 8.78. The first-order valence-electron chi connectivity index (χ1n) is 5.47. The van der Waals surface area contributed by atoms with E-state index in [1.807, 2.05) is 0 Å². The summed E-state index contributed by atoms with van der Waals surface area (Å²) in [6.07, 6.45) is 2.24. The van der Waals surface area contributed by atoms with Crippen LogP contribution in [0.4, 0.5) is 0 Å². The smallest absolute Gasteiger partial charge is 0.246 e. The predicted octanol–water partition coefficient (Wildman–Crippen LogP) is 0.229. The number of carbonyl (C=O) groups is 1. The molecule has 1 aromatic heterocycles. The molecule has 0 spiro atoms. The van der Waals surface area contributed by atoms with Gasteiger partial charge in [-0.2, -0.15) is 4.31 Å². The lowest BCUT2D eigenvalue weighted by Gasteiger charge is -2.21. The zero-order valence-corrected chi connectivity index (χ0v) is 12.4. The van der Waals surface area contributed by atoms with Crippen LogP contribution >= 0.6 is 11.6 Å². The summed E-state index contributed by atoms with van der Waals surface area (Å²) >= 11 is 5.51. The molecule has 0 bridgehead atoms. The number of likely N-dealkylation sites (N-methyl/N-ethyl adjacent to an activating group) is 2. The maximum Gasteiger partial charge on any atom is 0.246 e. The lowest BCUT2D eigenvalue weighted by atomic mass is 10.5. The van der Waals surface area contributed by atoms with Crippen LogP contribution in [0.25, 0.3) is 0 Å². The normalized spacial score (nSPS) is 11.6. The van der Waals surface area contributed by atoms with Crippen LogP contribution < -0.4 is 0 Å². The number of carbonyl (C=O) groups excluding carboxylic acids is 1. The monoisotopic (exact) mass is 306 g/mol. The van der Waals surface area contributed by atoms with Crippen molar-refractivity contribution in [2.75, 3.05) is 27.2 Å². The molecule has 19 heavy (non-hydrogen) atoms. The number of halogens is 1. The van der Waals surface area contributed by atoms with Crippen LogP contribution in [-0.4, -0.2) is 60.7 Å². The van der Waals surface area contributed by atoms with Gasteiger partial charge >= 0.3 is 0 Å². The molecule has 0 aliphatic rings. The highest BCUT2D eigenvalue weighted by molar-refractivity contribution is 7.89. The Balaban J connectivity index is 3.02. The Bertz CT molecular complexity index is 544. The lowest BCUT2D eigenvalue weighted by molar-refractivity contribution is -0.128. The van der Waals surface area contributed by atoms with E-state index in [9.17, 15) is 13.2 Å². The minimum atomic E-state index is -3.79. The molecule has 0 atom stereocenters. The molecule has 1 amide bonds. The van der Waals surface area contributed by atoms with Crippen molar-refractivity contribution in [1.29, 1.82) is 0 Å². The number of hydrogen-bond acceptors (Lipinski definition) is 5. The maximum absolute atomic E-state index is 12.3. The minimum absolute atomic E-state index is 0.0358. The summed E-state index contributed by atoms with van der Waals surface area (Å²) in [5, 5.41) is -0.0358. The summed E-state index contributed by atoms with van der Waals surface area (Å²) in [7, 11) is -0.667. The molecule has 1 aromatic rings. The molecule has 0 saturated heterocycles. The van der Waals surface area contributed by atoms with Crippen molar-refractivity contribution in [2.45, 2.75) is 11.8 Å². The molecule has 0 fully saturated rings. The summed E-state index contributed by atoms with van der Waals surface area (Å²) in [5.74, 6) is -0.305. The van der Waals surface area contributed by atoms with Crippen LogP contribution in [0.2, 0.25) is 5.28 Å². The van der Waals surface area contributed by atoms with E-state index < -0.39 is 10.0 Å². The van der Waals surface area contributed by atoms with E-state index in [0.29, 0.717) is 0 Å². The van der Waals surface area contributed by atoms with Gasteiger partial charge in [0.05, 0.1) is 18.9 Å². The van der Waals surface area contributed by atoms with E-state index in [0.717, 1.165) is 16.7 Å². The van der Waals surface area contributed by atoms with Crippen LogP contribution in [0, 0.1) is 0 Å². The molecule has 0 N–H and O–H groups in total. The SMILES string of the molecule is CCN(CC(=O)N(C)C)S(=O)(=O)c1cnc(Cl)nc1. The van der Waals surface area contributed by atoms with Crippen molar-refractivity contribution in [1.82, 2.24) is 19.2 Å². The van der Waals surface area contributed by atoms with Crippen molar-refractivity contribution in [2.24, 2.45) is 0 Å². The van der Waals surface area contributed by atoms with Gasteiger partial charge in [-0.05, 0) is 11.6 Å². The number of aromatic nitrogens is 2. The first kappa shape index (κ1) is 15.8. The summed E-state index contributed by atoms with van der Waals surface area (Å²) in [6.45, 7) is 1.59. The minimum Gasteiger partial charge on any atom is -0.348 e. The summed E-state index contributed by atoms with van der Waals surface area (Å²) < 4.78 is 25.6. The van der Waals surface area contributed by atoms with Gasteiger partial charge in [0.25, 0.3) is 0 Å². The highest BCUT2D eigenvalue weighted by Crippen LogP contribution is 2.14. The van der Waals surface area contributed by atoms with E-state index in [1.165, 1.54) is 4.90 Å². The fourth-order valence-corrected chi connectivity index (χ4v) is 2.63. The van der Waals surface area contributed by atoms with Gasteiger partial charge < -0.3 is 4.90 Å². The summed E-state index contributed by atoms with van der Waals surface area (Å²) in [6, 6.07) is 0. The summed E-state index contributed by atoms with van der Waals surface area (Å²) in [5.41, 5.74) is 0. The zero-order chi connectivity index (χ0) is 14.6. The molecule has 1 heterocycles. The van der Waals surface area contributed by atoms with Crippen molar-refractivity contribution in [3.8, 4) is 0 Å². The molecule has 0 aliphatic heterocycles. The van der Waals surface area contributed by atoms with Crippen LogP contribution in [-0.2, 0) is 14.8 Å². The maximum atomic E-state index is 12.3. The topological polar surface area (TPSA) is 83.5 Å². The Hall–Kier alpha value is -1.25. The molecule has 9 heteroatoms. The van der Waals surface area contributed by atoms with Crippen molar-refractivity contribution < 1.29 is 13.2 Å². The Kier molecular flexibility index (Phi) is 5.21. The molecule has 1 rings (SSSR count). The lowest BCUT2D eigenvalue weighted by Crippen LogP contribution is -2.40. The number of hydrogen-bond donors (Lipinski definition) is 0. The second kappa shape index (κ2) is 6.27. The third-order valence-electron chi connectivity index (χ3n) is 2.40. The van der Waals surface area contributed by atoms with Crippen LogP contribution in [0.15, 0.2) is 17.3 Å². The van der Waals surface area contributed by atoms with Gasteiger partial charge in [0.2, 0.25) is 21.2 Å². The molecule has 0 unspecified atom stereocenters. The van der Waals surface area contributed by atoms with Gasteiger partial charge in [-0.15, -0.1) is 0 Å².